The standard InChI is InChI=1S/C12H20N4O2/c1-4-12(13,5-2)8-14-10-7-6-9(15-16-10)11(17)18-3/h6-7H,4-5,8,13H2,1-3H3,(H,14,16). The van der Waals surface area contributed by atoms with Gasteiger partial charge in [-0.2, -0.15) is 0 Å². The maximum absolute atomic E-state index is 11.2. The molecule has 0 aliphatic carbocycles. The Morgan fingerprint density at radius 1 is 1.39 bits per heavy atom. The molecule has 18 heavy (non-hydrogen) atoms. The number of carbonyl (C=O) groups excluding carboxylic acids is 1. The van der Waals surface area contributed by atoms with E-state index in [4.69, 9.17) is 5.73 Å². The smallest absolute Gasteiger partial charge is 0.358 e. The van der Waals surface area contributed by atoms with Gasteiger partial charge in [0.15, 0.2) is 5.69 Å². The van der Waals surface area contributed by atoms with E-state index in [1.54, 1.807) is 12.1 Å². The summed E-state index contributed by atoms with van der Waals surface area (Å²) in [5.41, 5.74) is 6.10. The quantitative estimate of drug-likeness (QED) is 0.739. The highest BCUT2D eigenvalue weighted by atomic mass is 16.5. The number of hydrogen-bond donors (Lipinski definition) is 2. The van der Waals surface area contributed by atoms with Gasteiger partial charge >= 0.3 is 5.97 Å². The lowest BCUT2D eigenvalue weighted by Crippen LogP contribution is -2.45. The van der Waals surface area contributed by atoms with Crippen LogP contribution >= 0.6 is 0 Å². The number of esters is 1. The van der Waals surface area contributed by atoms with Gasteiger partial charge in [0.05, 0.1) is 7.11 Å². The molecule has 0 saturated carbocycles. The van der Waals surface area contributed by atoms with Crippen molar-refractivity contribution in [3.8, 4) is 0 Å². The number of ether oxygens (including phenoxy) is 1. The third-order valence-corrected chi connectivity index (χ3v) is 3.09. The van der Waals surface area contributed by atoms with Crippen LogP contribution in [0.5, 0.6) is 0 Å². The average Bonchev–Trinajstić information content (AvgIpc) is 2.44. The molecule has 0 aliphatic heterocycles. The summed E-state index contributed by atoms with van der Waals surface area (Å²) in [6.07, 6.45) is 1.76. The zero-order valence-corrected chi connectivity index (χ0v) is 11.1. The fourth-order valence-electron chi connectivity index (χ4n) is 1.41. The molecule has 1 rings (SSSR count). The van der Waals surface area contributed by atoms with Crippen LogP contribution in [0.1, 0.15) is 37.2 Å². The lowest BCUT2D eigenvalue weighted by molar-refractivity contribution is 0.0593. The molecule has 6 nitrogen and oxygen atoms in total. The van der Waals surface area contributed by atoms with E-state index in [2.05, 4.69) is 34.1 Å². The van der Waals surface area contributed by atoms with Gasteiger partial charge in [-0.3, -0.25) is 0 Å². The summed E-state index contributed by atoms with van der Waals surface area (Å²) in [7, 11) is 1.31. The first kappa shape index (κ1) is 14.4. The molecule has 0 amide bonds. The molecule has 0 bridgehead atoms. The Labute approximate surface area is 107 Å². The SMILES string of the molecule is CCC(N)(CC)CNc1ccc(C(=O)OC)nn1. The molecule has 1 heterocycles. The minimum absolute atomic E-state index is 0.188. The largest absolute Gasteiger partial charge is 0.464 e. The molecule has 6 heteroatoms. The van der Waals surface area contributed by atoms with Crippen LogP contribution in [-0.2, 0) is 4.74 Å². The van der Waals surface area contributed by atoms with Crippen LogP contribution in [0.15, 0.2) is 12.1 Å². The van der Waals surface area contributed by atoms with Gasteiger partial charge in [0, 0.05) is 12.1 Å². The molecule has 0 fully saturated rings. The van der Waals surface area contributed by atoms with Crippen molar-refractivity contribution in [2.24, 2.45) is 5.73 Å². The Morgan fingerprint density at radius 3 is 2.50 bits per heavy atom. The second-order valence-electron chi connectivity index (χ2n) is 4.22. The summed E-state index contributed by atoms with van der Waals surface area (Å²) in [4.78, 5) is 11.2. The van der Waals surface area contributed by atoms with E-state index >= 15 is 0 Å². The summed E-state index contributed by atoms with van der Waals surface area (Å²) < 4.78 is 4.54. The van der Waals surface area contributed by atoms with E-state index in [0.717, 1.165) is 12.8 Å². The van der Waals surface area contributed by atoms with Crippen molar-refractivity contribution in [1.29, 1.82) is 0 Å². The summed E-state index contributed by atoms with van der Waals surface area (Å²) in [6.45, 7) is 4.72. The van der Waals surface area contributed by atoms with Gasteiger partial charge in [-0.25, -0.2) is 4.79 Å². The van der Waals surface area contributed by atoms with Crippen molar-refractivity contribution in [3.63, 3.8) is 0 Å². The zero-order chi connectivity index (χ0) is 13.6. The van der Waals surface area contributed by atoms with Gasteiger partial charge in [0.25, 0.3) is 0 Å². The highest BCUT2D eigenvalue weighted by Crippen LogP contribution is 2.12. The molecule has 0 spiro atoms. The van der Waals surface area contributed by atoms with Crippen molar-refractivity contribution < 1.29 is 9.53 Å². The number of methoxy groups -OCH3 is 1. The minimum atomic E-state index is -0.496. The predicted molar refractivity (Wildman–Crippen MR) is 69.4 cm³/mol. The molecule has 0 radical (unpaired) electrons. The first-order valence-corrected chi connectivity index (χ1v) is 5.99. The number of nitrogens with zero attached hydrogens (tertiary/aromatic N) is 2. The first-order valence-electron chi connectivity index (χ1n) is 5.99. The summed E-state index contributed by atoms with van der Waals surface area (Å²) >= 11 is 0. The predicted octanol–water partition coefficient (Wildman–Crippen LogP) is 1.19. The molecular formula is C12H20N4O2. The molecule has 0 saturated heterocycles. The topological polar surface area (TPSA) is 90.1 Å². The van der Waals surface area contributed by atoms with Gasteiger partial charge < -0.3 is 15.8 Å². The van der Waals surface area contributed by atoms with E-state index in [9.17, 15) is 4.79 Å². The molecule has 0 aliphatic rings. The Kier molecular flexibility index (Phi) is 5.03. The maximum atomic E-state index is 11.2. The Balaban J connectivity index is 2.62. The van der Waals surface area contributed by atoms with Crippen LogP contribution in [0.25, 0.3) is 0 Å². The van der Waals surface area contributed by atoms with Crippen molar-refractivity contribution >= 4 is 11.8 Å². The first-order chi connectivity index (χ1) is 8.54. The van der Waals surface area contributed by atoms with Gasteiger partial charge in [-0.05, 0) is 25.0 Å². The number of aromatic nitrogens is 2. The van der Waals surface area contributed by atoms with E-state index in [1.807, 2.05) is 0 Å². The van der Waals surface area contributed by atoms with Gasteiger partial charge in [-0.15, -0.1) is 10.2 Å². The van der Waals surface area contributed by atoms with Crippen LogP contribution in [0, 0.1) is 0 Å². The molecule has 3 N–H and O–H groups in total. The van der Waals surface area contributed by atoms with E-state index in [1.165, 1.54) is 7.11 Å². The highest BCUT2D eigenvalue weighted by Gasteiger charge is 2.19. The minimum Gasteiger partial charge on any atom is -0.464 e. The number of hydrogen-bond acceptors (Lipinski definition) is 6. The normalized spacial score (nSPS) is 11.1. The zero-order valence-electron chi connectivity index (χ0n) is 11.1. The van der Waals surface area contributed by atoms with E-state index in [0.29, 0.717) is 12.4 Å². The Bertz CT molecular complexity index is 388. The number of nitrogens with two attached hydrogens (primary N) is 1. The monoisotopic (exact) mass is 252 g/mol. The van der Waals surface area contributed by atoms with Crippen LogP contribution in [0.3, 0.4) is 0 Å². The second-order valence-corrected chi connectivity index (χ2v) is 4.22. The molecule has 0 unspecified atom stereocenters. The lowest BCUT2D eigenvalue weighted by atomic mass is 9.94. The van der Waals surface area contributed by atoms with E-state index in [-0.39, 0.29) is 11.2 Å². The molecule has 100 valence electrons. The Morgan fingerprint density at radius 2 is 2.06 bits per heavy atom. The van der Waals surface area contributed by atoms with Gasteiger partial charge in [0.1, 0.15) is 5.82 Å². The summed E-state index contributed by atoms with van der Waals surface area (Å²) in [5, 5.41) is 10.8. The fourth-order valence-corrected chi connectivity index (χ4v) is 1.41. The van der Waals surface area contributed by atoms with Crippen LogP contribution in [-0.4, -0.2) is 35.4 Å². The Hall–Kier alpha value is -1.69. The summed E-state index contributed by atoms with van der Waals surface area (Å²) in [6, 6.07) is 3.25. The van der Waals surface area contributed by atoms with Crippen LogP contribution in [0.4, 0.5) is 5.82 Å². The van der Waals surface area contributed by atoms with Gasteiger partial charge in [-0.1, -0.05) is 13.8 Å². The maximum Gasteiger partial charge on any atom is 0.358 e. The number of carbonyl (C=O) groups is 1. The number of nitrogens with one attached hydrogen (secondary N) is 1. The molecule has 0 aromatic carbocycles. The molecule has 1 aromatic rings. The van der Waals surface area contributed by atoms with Gasteiger partial charge in [0.2, 0.25) is 0 Å². The van der Waals surface area contributed by atoms with Crippen molar-refractivity contribution in [2.45, 2.75) is 32.2 Å². The van der Waals surface area contributed by atoms with E-state index < -0.39 is 5.97 Å². The average molecular weight is 252 g/mol. The third kappa shape index (κ3) is 3.66. The van der Waals surface area contributed by atoms with Crippen molar-refractivity contribution in [3.05, 3.63) is 17.8 Å². The highest BCUT2D eigenvalue weighted by molar-refractivity contribution is 5.86. The second kappa shape index (κ2) is 6.30. The lowest BCUT2D eigenvalue weighted by Gasteiger charge is -2.26. The number of rotatable bonds is 6. The fraction of sp³-hybridized carbons (Fsp3) is 0.583. The number of anilines is 1. The molecular weight excluding hydrogens is 232 g/mol. The summed E-state index contributed by atoms with van der Waals surface area (Å²) in [5.74, 6) is 0.101. The molecule has 1 aromatic heterocycles. The van der Waals surface area contributed by atoms with Crippen LogP contribution < -0.4 is 11.1 Å². The van der Waals surface area contributed by atoms with Crippen molar-refractivity contribution in [2.75, 3.05) is 19.0 Å². The third-order valence-electron chi connectivity index (χ3n) is 3.09. The molecule has 0 atom stereocenters. The van der Waals surface area contributed by atoms with Crippen LogP contribution in [0.2, 0.25) is 0 Å². The van der Waals surface area contributed by atoms with Crippen molar-refractivity contribution in [1.82, 2.24) is 10.2 Å².